The Bertz CT molecular complexity index is 1330. The summed E-state index contributed by atoms with van der Waals surface area (Å²) in [5, 5.41) is 3.62. The standard InChI is InChI=1S/C22H22N4O5/c1-12-5-6-15-14(7-12)19-20(25-15)22(28)26(11-23-19)10-18(27)24-13-8-16(29-2)21(31-4)17(9-13)30-3/h5-9,11,25H,10H2,1-4H3,(H,24,27). The number of carbonyl (C=O) groups is 1. The Hall–Kier alpha value is -4.01. The van der Waals surface area contributed by atoms with Crippen LogP contribution in [0.4, 0.5) is 5.69 Å². The maximum absolute atomic E-state index is 12.9. The molecule has 0 fully saturated rings. The van der Waals surface area contributed by atoms with Crippen molar-refractivity contribution in [2.45, 2.75) is 13.5 Å². The van der Waals surface area contributed by atoms with E-state index in [0.717, 1.165) is 16.5 Å². The van der Waals surface area contributed by atoms with E-state index in [1.165, 1.54) is 32.2 Å². The molecular weight excluding hydrogens is 400 g/mol. The van der Waals surface area contributed by atoms with Gasteiger partial charge in [-0.3, -0.25) is 14.2 Å². The molecule has 4 rings (SSSR count). The molecule has 0 bridgehead atoms. The van der Waals surface area contributed by atoms with Gasteiger partial charge in [0.05, 0.1) is 27.7 Å². The molecular formula is C22H22N4O5. The number of aromatic amines is 1. The number of fused-ring (bicyclic) bond motifs is 3. The minimum atomic E-state index is -0.399. The summed E-state index contributed by atoms with van der Waals surface area (Å²) in [5.41, 5.74) is 2.98. The Labute approximate surface area is 177 Å². The van der Waals surface area contributed by atoms with Crippen LogP contribution in [0.1, 0.15) is 5.56 Å². The second kappa shape index (κ2) is 8.02. The van der Waals surface area contributed by atoms with Crippen LogP contribution in [0.3, 0.4) is 0 Å². The largest absolute Gasteiger partial charge is 0.493 e. The van der Waals surface area contributed by atoms with Gasteiger partial charge in [-0.15, -0.1) is 0 Å². The third-order valence-electron chi connectivity index (χ3n) is 4.99. The van der Waals surface area contributed by atoms with Crippen LogP contribution in [-0.2, 0) is 11.3 Å². The van der Waals surface area contributed by atoms with Gasteiger partial charge < -0.3 is 24.5 Å². The number of carbonyl (C=O) groups excluding carboxylic acids is 1. The first-order valence-corrected chi connectivity index (χ1v) is 9.52. The number of nitrogens with zero attached hydrogens (tertiary/aromatic N) is 2. The van der Waals surface area contributed by atoms with Gasteiger partial charge in [0.25, 0.3) is 5.56 Å². The highest BCUT2D eigenvalue weighted by Crippen LogP contribution is 2.39. The number of ether oxygens (including phenoxy) is 3. The molecule has 31 heavy (non-hydrogen) atoms. The van der Waals surface area contributed by atoms with Crippen LogP contribution >= 0.6 is 0 Å². The molecule has 9 heteroatoms. The third-order valence-corrected chi connectivity index (χ3v) is 4.99. The summed E-state index contributed by atoms with van der Waals surface area (Å²) in [6.45, 7) is 1.78. The molecule has 0 atom stereocenters. The van der Waals surface area contributed by atoms with Crippen molar-refractivity contribution in [1.82, 2.24) is 14.5 Å². The molecule has 0 aliphatic heterocycles. The Morgan fingerprint density at radius 2 is 1.81 bits per heavy atom. The van der Waals surface area contributed by atoms with Crippen LogP contribution in [0, 0.1) is 6.92 Å². The van der Waals surface area contributed by atoms with Crippen molar-refractivity contribution in [2.75, 3.05) is 26.6 Å². The van der Waals surface area contributed by atoms with Gasteiger partial charge in [-0.05, 0) is 19.1 Å². The molecule has 160 valence electrons. The van der Waals surface area contributed by atoms with Gasteiger partial charge in [-0.2, -0.15) is 0 Å². The number of hydrogen-bond donors (Lipinski definition) is 2. The minimum absolute atomic E-state index is 0.202. The maximum atomic E-state index is 12.9. The molecule has 2 aromatic heterocycles. The van der Waals surface area contributed by atoms with E-state index in [-0.39, 0.29) is 12.1 Å². The van der Waals surface area contributed by atoms with Crippen molar-refractivity contribution in [3.05, 3.63) is 52.6 Å². The van der Waals surface area contributed by atoms with E-state index in [1.807, 2.05) is 25.1 Å². The van der Waals surface area contributed by atoms with Crippen LogP contribution in [0.15, 0.2) is 41.5 Å². The number of benzene rings is 2. The predicted molar refractivity (Wildman–Crippen MR) is 117 cm³/mol. The van der Waals surface area contributed by atoms with Gasteiger partial charge in [0.1, 0.15) is 17.6 Å². The molecule has 4 aromatic rings. The van der Waals surface area contributed by atoms with Crippen molar-refractivity contribution >= 4 is 33.5 Å². The van der Waals surface area contributed by atoms with E-state index in [0.29, 0.717) is 34.0 Å². The number of methoxy groups -OCH3 is 3. The third kappa shape index (κ3) is 3.65. The fourth-order valence-corrected chi connectivity index (χ4v) is 3.52. The zero-order valence-electron chi connectivity index (χ0n) is 17.6. The lowest BCUT2D eigenvalue weighted by Crippen LogP contribution is -2.28. The normalized spacial score (nSPS) is 11.0. The lowest BCUT2D eigenvalue weighted by Gasteiger charge is -2.14. The summed E-state index contributed by atoms with van der Waals surface area (Å²) >= 11 is 0. The molecule has 0 radical (unpaired) electrons. The Morgan fingerprint density at radius 3 is 2.45 bits per heavy atom. The lowest BCUT2D eigenvalue weighted by atomic mass is 10.2. The van der Waals surface area contributed by atoms with Gasteiger partial charge in [0.15, 0.2) is 11.5 Å². The second-order valence-corrected chi connectivity index (χ2v) is 7.04. The van der Waals surface area contributed by atoms with Gasteiger partial charge in [-0.1, -0.05) is 11.6 Å². The number of anilines is 1. The SMILES string of the molecule is COc1cc(NC(=O)Cn2cnc3c([nH]c4ccc(C)cc43)c2=O)cc(OC)c1OC. The number of aromatic nitrogens is 3. The summed E-state index contributed by atoms with van der Waals surface area (Å²) in [4.78, 5) is 33.0. The monoisotopic (exact) mass is 422 g/mol. The molecule has 2 aromatic carbocycles. The average Bonchev–Trinajstić information content (AvgIpc) is 3.13. The van der Waals surface area contributed by atoms with E-state index in [9.17, 15) is 9.59 Å². The zero-order valence-corrected chi connectivity index (χ0v) is 17.6. The predicted octanol–water partition coefficient (Wildman–Crippen LogP) is 2.85. The van der Waals surface area contributed by atoms with Gasteiger partial charge in [-0.25, -0.2) is 4.98 Å². The second-order valence-electron chi connectivity index (χ2n) is 7.04. The first kappa shape index (κ1) is 20.3. The van der Waals surface area contributed by atoms with Crippen molar-refractivity contribution in [1.29, 1.82) is 0 Å². The smallest absolute Gasteiger partial charge is 0.278 e. The Kier molecular flexibility index (Phi) is 5.24. The quantitative estimate of drug-likeness (QED) is 0.495. The van der Waals surface area contributed by atoms with Crippen LogP contribution in [0.25, 0.3) is 21.9 Å². The van der Waals surface area contributed by atoms with Crippen LogP contribution in [-0.4, -0.2) is 41.8 Å². The highest BCUT2D eigenvalue weighted by Gasteiger charge is 2.16. The zero-order chi connectivity index (χ0) is 22.1. The minimum Gasteiger partial charge on any atom is -0.493 e. The molecule has 2 heterocycles. The van der Waals surface area contributed by atoms with Crippen molar-refractivity contribution < 1.29 is 19.0 Å². The van der Waals surface area contributed by atoms with Gasteiger partial charge in [0, 0.05) is 28.7 Å². The van der Waals surface area contributed by atoms with Gasteiger partial charge in [0.2, 0.25) is 11.7 Å². The van der Waals surface area contributed by atoms with Crippen LogP contribution < -0.4 is 25.1 Å². The number of nitrogens with one attached hydrogen (secondary N) is 2. The Morgan fingerprint density at radius 1 is 1.10 bits per heavy atom. The lowest BCUT2D eigenvalue weighted by molar-refractivity contribution is -0.116. The summed E-state index contributed by atoms with van der Waals surface area (Å²) in [6.07, 6.45) is 1.38. The number of hydrogen-bond acceptors (Lipinski definition) is 6. The van der Waals surface area contributed by atoms with Crippen LogP contribution in [0.2, 0.25) is 0 Å². The Balaban J connectivity index is 1.62. The molecule has 0 saturated heterocycles. The fourth-order valence-electron chi connectivity index (χ4n) is 3.52. The van der Waals surface area contributed by atoms with E-state index in [1.54, 1.807) is 12.1 Å². The molecule has 0 aliphatic rings. The van der Waals surface area contributed by atoms with Crippen molar-refractivity contribution in [3.63, 3.8) is 0 Å². The van der Waals surface area contributed by atoms with E-state index >= 15 is 0 Å². The van der Waals surface area contributed by atoms with E-state index in [4.69, 9.17) is 14.2 Å². The molecule has 0 unspecified atom stereocenters. The average molecular weight is 422 g/mol. The first-order chi connectivity index (χ1) is 14.9. The molecule has 9 nitrogen and oxygen atoms in total. The van der Waals surface area contributed by atoms with E-state index < -0.39 is 5.91 Å². The topological polar surface area (TPSA) is 107 Å². The van der Waals surface area contributed by atoms with Crippen LogP contribution in [0.5, 0.6) is 17.2 Å². The fraction of sp³-hybridized carbons (Fsp3) is 0.227. The molecule has 0 spiro atoms. The molecule has 0 saturated carbocycles. The van der Waals surface area contributed by atoms with Crippen molar-refractivity contribution in [2.24, 2.45) is 0 Å². The summed E-state index contributed by atoms with van der Waals surface area (Å²) in [6, 6.07) is 9.07. The number of rotatable bonds is 6. The van der Waals surface area contributed by atoms with E-state index in [2.05, 4.69) is 15.3 Å². The summed E-state index contributed by atoms with van der Waals surface area (Å²) < 4.78 is 17.1. The summed E-state index contributed by atoms with van der Waals surface area (Å²) in [7, 11) is 4.48. The number of amides is 1. The number of H-pyrrole nitrogens is 1. The van der Waals surface area contributed by atoms with Crippen molar-refractivity contribution in [3.8, 4) is 17.2 Å². The molecule has 1 amide bonds. The number of aryl methyl sites for hydroxylation is 1. The first-order valence-electron chi connectivity index (χ1n) is 9.52. The maximum Gasteiger partial charge on any atom is 0.278 e. The highest BCUT2D eigenvalue weighted by atomic mass is 16.5. The van der Waals surface area contributed by atoms with Gasteiger partial charge >= 0.3 is 0 Å². The molecule has 2 N–H and O–H groups in total. The summed E-state index contributed by atoms with van der Waals surface area (Å²) in [5.74, 6) is 0.837. The highest BCUT2D eigenvalue weighted by molar-refractivity contribution is 6.04. The molecule has 0 aliphatic carbocycles.